The van der Waals surface area contributed by atoms with Gasteiger partial charge in [-0.1, -0.05) is 0 Å². The van der Waals surface area contributed by atoms with Crippen LogP contribution in [0.3, 0.4) is 0 Å². The van der Waals surface area contributed by atoms with Crippen molar-refractivity contribution in [3.63, 3.8) is 0 Å². The number of nitrogens with one attached hydrogen (secondary N) is 2. The third kappa shape index (κ3) is 4.66. The standard InChI is InChI=1S/C13H12I3N2O4/c1-4-22-13(21)7-8(14)11(17-5(2)19)10(16)12(9(7)15)18-6(3)20/h1,4H2,2-3H3,(H,17,19)(H,18,20). The Morgan fingerprint density at radius 2 is 1.36 bits per heavy atom. The topological polar surface area (TPSA) is 84.5 Å². The van der Waals surface area contributed by atoms with Crippen molar-refractivity contribution >= 4 is 96.9 Å². The highest BCUT2D eigenvalue weighted by Gasteiger charge is 2.26. The minimum Gasteiger partial charge on any atom is -0.462 e. The summed E-state index contributed by atoms with van der Waals surface area (Å²) in [5.74, 6) is -1.11. The maximum absolute atomic E-state index is 12.2. The van der Waals surface area contributed by atoms with Crippen LogP contribution >= 0.6 is 67.8 Å². The average molecular weight is 641 g/mol. The summed E-state index contributed by atoms with van der Waals surface area (Å²) in [6, 6.07) is 0. The van der Waals surface area contributed by atoms with Crippen molar-refractivity contribution in [1.82, 2.24) is 0 Å². The molecule has 0 aliphatic rings. The van der Waals surface area contributed by atoms with Crippen LogP contribution in [0.2, 0.25) is 0 Å². The number of hydrogen-bond acceptors (Lipinski definition) is 4. The molecule has 2 amide bonds. The molecule has 0 heterocycles. The number of carbonyl (C=O) groups is 3. The van der Waals surface area contributed by atoms with Crippen LogP contribution in [0, 0.1) is 17.6 Å². The highest BCUT2D eigenvalue weighted by molar-refractivity contribution is 14.1. The van der Waals surface area contributed by atoms with Gasteiger partial charge in [-0.3, -0.25) is 9.59 Å². The van der Waals surface area contributed by atoms with Crippen LogP contribution in [0.15, 0.2) is 0 Å². The molecule has 0 aliphatic heterocycles. The summed E-state index contributed by atoms with van der Waals surface area (Å²) in [5, 5.41) is 5.38. The van der Waals surface area contributed by atoms with E-state index in [1.165, 1.54) is 13.8 Å². The Morgan fingerprint density at radius 3 is 1.68 bits per heavy atom. The Kier molecular flexibility index (Phi) is 7.78. The number of anilines is 2. The average Bonchev–Trinajstić information content (AvgIpc) is 2.39. The van der Waals surface area contributed by atoms with Crippen LogP contribution in [0.1, 0.15) is 24.2 Å². The van der Waals surface area contributed by atoms with Gasteiger partial charge in [-0.05, 0) is 74.7 Å². The molecule has 0 saturated heterocycles. The summed E-state index contributed by atoms with van der Waals surface area (Å²) in [5.41, 5.74) is 1.22. The summed E-state index contributed by atoms with van der Waals surface area (Å²) in [6.45, 7) is 6.21. The molecule has 0 unspecified atom stereocenters. The third-order valence-corrected chi connectivity index (χ3v) is 5.59. The summed E-state index contributed by atoms with van der Waals surface area (Å²) in [6.07, 6.45) is 0. The predicted octanol–water partition coefficient (Wildman–Crippen LogP) is 3.41. The molecule has 1 aromatic carbocycles. The monoisotopic (exact) mass is 641 g/mol. The smallest absolute Gasteiger partial charge is 0.340 e. The minimum atomic E-state index is -0.557. The van der Waals surface area contributed by atoms with E-state index in [4.69, 9.17) is 4.74 Å². The molecule has 0 aromatic heterocycles. The fourth-order valence-corrected chi connectivity index (χ4v) is 5.73. The Labute approximate surface area is 168 Å². The first-order valence-electron chi connectivity index (χ1n) is 5.92. The Bertz CT molecular complexity index is 604. The summed E-state index contributed by atoms with van der Waals surface area (Å²) >= 11 is 5.96. The zero-order chi connectivity index (χ0) is 17.0. The molecule has 0 aliphatic carbocycles. The van der Waals surface area contributed by atoms with Crippen molar-refractivity contribution in [3.05, 3.63) is 23.2 Å². The summed E-state index contributed by atoms with van der Waals surface area (Å²) in [7, 11) is 0. The SMILES string of the molecule is [CH2]COC(=O)c1c(I)c(NC(C)=O)c(I)c(NC(C)=O)c1I. The molecule has 1 aromatic rings. The lowest BCUT2D eigenvalue weighted by Crippen LogP contribution is -2.19. The van der Waals surface area contributed by atoms with Gasteiger partial charge in [0, 0.05) is 13.8 Å². The van der Waals surface area contributed by atoms with Gasteiger partial charge >= 0.3 is 5.97 Å². The zero-order valence-electron chi connectivity index (χ0n) is 11.7. The van der Waals surface area contributed by atoms with Gasteiger partial charge in [-0.2, -0.15) is 0 Å². The molecular formula is C13H12I3N2O4. The van der Waals surface area contributed by atoms with Crippen molar-refractivity contribution in [3.8, 4) is 0 Å². The lowest BCUT2D eigenvalue weighted by atomic mass is 10.1. The number of benzene rings is 1. The molecule has 0 atom stereocenters. The van der Waals surface area contributed by atoms with E-state index in [1.807, 2.05) is 67.8 Å². The van der Waals surface area contributed by atoms with Gasteiger partial charge in [0.15, 0.2) is 0 Å². The highest BCUT2D eigenvalue weighted by Crippen LogP contribution is 2.39. The molecular weight excluding hydrogens is 629 g/mol. The van der Waals surface area contributed by atoms with Crippen molar-refractivity contribution in [2.75, 3.05) is 17.2 Å². The van der Waals surface area contributed by atoms with Gasteiger partial charge in [0.05, 0.1) is 34.3 Å². The second-order valence-electron chi connectivity index (χ2n) is 4.07. The van der Waals surface area contributed by atoms with Crippen LogP contribution in [-0.2, 0) is 14.3 Å². The van der Waals surface area contributed by atoms with Crippen LogP contribution in [0.25, 0.3) is 0 Å². The van der Waals surface area contributed by atoms with Gasteiger partial charge in [0.25, 0.3) is 0 Å². The number of carbonyl (C=O) groups excluding carboxylic acids is 3. The molecule has 9 heteroatoms. The quantitative estimate of drug-likeness (QED) is 0.391. The molecule has 0 saturated carbocycles. The minimum absolute atomic E-state index is 0.0120. The van der Waals surface area contributed by atoms with Gasteiger partial charge in [0.2, 0.25) is 11.8 Å². The van der Waals surface area contributed by atoms with E-state index >= 15 is 0 Å². The van der Waals surface area contributed by atoms with Crippen molar-refractivity contribution < 1.29 is 19.1 Å². The van der Waals surface area contributed by atoms with Crippen LogP contribution in [-0.4, -0.2) is 24.4 Å². The highest BCUT2D eigenvalue weighted by atomic mass is 127. The predicted molar refractivity (Wildman–Crippen MR) is 109 cm³/mol. The van der Waals surface area contributed by atoms with Gasteiger partial charge < -0.3 is 15.4 Å². The number of hydrogen-bond donors (Lipinski definition) is 2. The Balaban J connectivity index is 3.64. The van der Waals surface area contributed by atoms with Crippen LogP contribution in [0.5, 0.6) is 0 Å². The van der Waals surface area contributed by atoms with E-state index in [2.05, 4.69) is 17.6 Å². The fourth-order valence-electron chi connectivity index (χ4n) is 1.58. The van der Waals surface area contributed by atoms with Gasteiger partial charge in [-0.15, -0.1) is 0 Å². The van der Waals surface area contributed by atoms with Crippen molar-refractivity contribution in [2.45, 2.75) is 13.8 Å². The molecule has 119 valence electrons. The Hall–Kier alpha value is -0.180. The first-order valence-corrected chi connectivity index (χ1v) is 9.16. The van der Waals surface area contributed by atoms with E-state index in [-0.39, 0.29) is 24.0 Å². The normalized spacial score (nSPS) is 10.1. The number of amides is 2. The lowest BCUT2D eigenvalue weighted by molar-refractivity contribution is -0.115. The number of esters is 1. The maximum atomic E-state index is 12.2. The first kappa shape index (κ1) is 19.9. The van der Waals surface area contributed by atoms with E-state index in [0.29, 0.717) is 22.1 Å². The molecule has 1 rings (SSSR count). The maximum Gasteiger partial charge on any atom is 0.340 e. The second kappa shape index (κ2) is 8.61. The molecule has 0 bridgehead atoms. The molecule has 2 N–H and O–H groups in total. The molecule has 22 heavy (non-hydrogen) atoms. The fraction of sp³-hybridized carbons (Fsp3) is 0.231. The third-order valence-electron chi connectivity index (χ3n) is 2.36. The Morgan fingerprint density at radius 1 is 0.955 bits per heavy atom. The van der Waals surface area contributed by atoms with Gasteiger partial charge in [-0.25, -0.2) is 4.79 Å². The first-order chi connectivity index (χ1) is 10.2. The van der Waals surface area contributed by atoms with E-state index < -0.39 is 5.97 Å². The zero-order valence-corrected chi connectivity index (χ0v) is 18.2. The van der Waals surface area contributed by atoms with Crippen molar-refractivity contribution in [1.29, 1.82) is 0 Å². The number of halogens is 3. The molecule has 1 radical (unpaired) electrons. The molecule has 6 nitrogen and oxygen atoms in total. The van der Waals surface area contributed by atoms with Crippen LogP contribution in [0.4, 0.5) is 11.4 Å². The van der Waals surface area contributed by atoms with Crippen molar-refractivity contribution in [2.24, 2.45) is 0 Å². The van der Waals surface area contributed by atoms with Crippen LogP contribution < -0.4 is 10.6 Å². The molecule has 0 fully saturated rings. The summed E-state index contributed by atoms with van der Waals surface area (Å²) in [4.78, 5) is 35.0. The largest absolute Gasteiger partial charge is 0.462 e. The van der Waals surface area contributed by atoms with E-state index in [9.17, 15) is 14.4 Å². The van der Waals surface area contributed by atoms with E-state index in [0.717, 1.165) is 0 Å². The molecule has 0 spiro atoms. The summed E-state index contributed by atoms with van der Waals surface area (Å²) < 4.78 is 6.70. The van der Waals surface area contributed by atoms with E-state index in [1.54, 1.807) is 0 Å². The second-order valence-corrected chi connectivity index (χ2v) is 7.30. The number of ether oxygens (including phenoxy) is 1. The number of rotatable bonds is 4. The lowest BCUT2D eigenvalue weighted by Gasteiger charge is -2.18. The van der Waals surface area contributed by atoms with Gasteiger partial charge in [0.1, 0.15) is 0 Å².